The summed E-state index contributed by atoms with van der Waals surface area (Å²) in [4.78, 5) is 9.58. The van der Waals surface area contributed by atoms with Crippen LogP contribution in [0.5, 0.6) is 0 Å². The fraction of sp³-hybridized carbons (Fsp3) is 0.0364. The number of aromatic nitrogens is 1. The third-order valence-electron chi connectivity index (χ3n) is 12.3. The van der Waals surface area contributed by atoms with Gasteiger partial charge in [-0.1, -0.05) is 176 Å². The maximum absolute atomic E-state index is 4.75. The van der Waals surface area contributed by atoms with Gasteiger partial charge in [-0.25, -0.2) is 0 Å². The van der Waals surface area contributed by atoms with Gasteiger partial charge in [-0.05, 0) is 93.0 Å². The summed E-state index contributed by atoms with van der Waals surface area (Å²) in [6.45, 7) is 0. The van der Waals surface area contributed by atoms with Crippen molar-refractivity contribution >= 4 is 34.1 Å². The van der Waals surface area contributed by atoms with Crippen LogP contribution in [-0.2, 0) is 10.8 Å². The summed E-state index contributed by atoms with van der Waals surface area (Å²) in [5.74, 6) is 0. The molecule has 3 heterocycles. The van der Waals surface area contributed by atoms with Gasteiger partial charge in [-0.2, -0.15) is 0 Å². The van der Waals surface area contributed by atoms with Gasteiger partial charge in [-0.15, -0.1) is 0 Å². The van der Waals surface area contributed by atoms with Crippen LogP contribution in [0.2, 0.25) is 0 Å². The average molecular weight is 742 g/mol. The van der Waals surface area contributed by atoms with Crippen molar-refractivity contribution in [2.75, 3.05) is 9.80 Å². The van der Waals surface area contributed by atoms with Gasteiger partial charge in [0.25, 0.3) is 0 Å². The first kappa shape index (κ1) is 33.8. The molecule has 0 amide bonds. The van der Waals surface area contributed by atoms with Crippen molar-refractivity contribution < 1.29 is 0 Å². The molecule has 0 atom stereocenters. The van der Waals surface area contributed by atoms with Crippen LogP contribution in [0, 0.1) is 0 Å². The van der Waals surface area contributed by atoms with Crippen molar-refractivity contribution in [2.24, 2.45) is 0 Å². The van der Waals surface area contributed by atoms with E-state index in [2.05, 4.69) is 234 Å². The third kappa shape index (κ3) is 4.83. The molecule has 2 aliphatic rings. The lowest BCUT2D eigenvalue weighted by Gasteiger charge is -2.47. The molecule has 58 heavy (non-hydrogen) atoms. The molecule has 0 N–H and O–H groups in total. The van der Waals surface area contributed by atoms with E-state index in [-0.39, 0.29) is 0 Å². The fourth-order valence-corrected chi connectivity index (χ4v) is 10.0. The molecule has 0 saturated carbocycles. The molecule has 2 aliphatic heterocycles. The Labute approximate surface area is 339 Å². The van der Waals surface area contributed by atoms with Crippen LogP contribution in [0.3, 0.4) is 0 Å². The van der Waals surface area contributed by atoms with E-state index >= 15 is 0 Å². The van der Waals surface area contributed by atoms with E-state index in [0.29, 0.717) is 0 Å². The summed E-state index contributed by atoms with van der Waals surface area (Å²) in [6.07, 6.45) is 3.97. The molecule has 0 saturated heterocycles. The number of benzene rings is 8. The van der Waals surface area contributed by atoms with Crippen molar-refractivity contribution in [3.05, 3.63) is 281 Å². The predicted molar refractivity (Wildman–Crippen MR) is 237 cm³/mol. The van der Waals surface area contributed by atoms with Crippen LogP contribution in [0.15, 0.2) is 237 Å². The third-order valence-corrected chi connectivity index (χ3v) is 12.3. The standard InChI is InChI=1S/C55H39N3/c1-5-19-40(20-6-1)54(41-21-7-2-8-22-41)46-27-13-16-30-50(46)57(51-31-17-14-28-47(51)54)44-33-35-45(36-34-44)58-52-32-18-15-29-48(52)55(42-23-9-3-10-24-42,43-25-11-4-12-26-43)49-37-38-56-39-53(49)58/h1-39H. The monoisotopic (exact) mass is 741 g/mol. The van der Waals surface area contributed by atoms with Crippen LogP contribution in [0.1, 0.15) is 44.5 Å². The minimum atomic E-state index is -0.543. The summed E-state index contributed by atoms with van der Waals surface area (Å²) < 4.78 is 0. The topological polar surface area (TPSA) is 19.4 Å². The average Bonchev–Trinajstić information content (AvgIpc) is 3.31. The van der Waals surface area contributed by atoms with Crippen molar-refractivity contribution in [3.63, 3.8) is 0 Å². The Morgan fingerprint density at radius 2 is 0.569 bits per heavy atom. The lowest BCUT2D eigenvalue weighted by atomic mass is 9.62. The van der Waals surface area contributed by atoms with Crippen LogP contribution in [-0.4, -0.2) is 4.98 Å². The first-order valence-electron chi connectivity index (χ1n) is 20.0. The molecular weight excluding hydrogens is 703 g/mol. The van der Waals surface area contributed by atoms with Crippen molar-refractivity contribution in [1.82, 2.24) is 4.98 Å². The molecule has 11 rings (SSSR count). The van der Waals surface area contributed by atoms with E-state index in [1.165, 1.54) is 44.5 Å². The lowest BCUT2D eigenvalue weighted by molar-refractivity contribution is 0.729. The number of hydrogen-bond donors (Lipinski definition) is 0. The number of rotatable bonds is 6. The zero-order chi connectivity index (χ0) is 38.5. The van der Waals surface area contributed by atoms with Crippen LogP contribution < -0.4 is 9.80 Å². The Kier molecular flexibility index (Phi) is 7.94. The van der Waals surface area contributed by atoms with Crippen molar-refractivity contribution in [1.29, 1.82) is 0 Å². The number of para-hydroxylation sites is 3. The molecule has 0 spiro atoms. The Morgan fingerprint density at radius 1 is 0.276 bits per heavy atom. The van der Waals surface area contributed by atoms with E-state index in [9.17, 15) is 0 Å². The summed E-state index contributed by atoms with van der Waals surface area (Å²) in [5, 5.41) is 0. The molecule has 3 nitrogen and oxygen atoms in total. The maximum Gasteiger partial charge on any atom is 0.0743 e. The van der Waals surface area contributed by atoms with E-state index in [1.54, 1.807) is 0 Å². The Morgan fingerprint density at radius 3 is 0.931 bits per heavy atom. The van der Waals surface area contributed by atoms with Crippen LogP contribution in [0.4, 0.5) is 34.1 Å². The zero-order valence-corrected chi connectivity index (χ0v) is 31.9. The number of pyridine rings is 1. The Balaban J connectivity index is 1.09. The van der Waals surface area contributed by atoms with Gasteiger partial charge < -0.3 is 9.80 Å². The summed E-state index contributed by atoms with van der Waals surface area (Å²) in [5.41, 5.74) is 15.5. The molecule has 0 fully saturated rings. The number of fused-ring (bicyclic) bond motifs is 4. The van der Waals surface area contributed by atoms with Gasteiger partial charge >= 0.3 is 0 Å². The van der Waals surface area contributed by atoms with Gasteiger partial charge in [0.15, 0.2) is 0 Å². The lowest BCUT2D eigenvalue weighted by Crippen LogP contribution is -2.38. The summed E-state index contributed by atoms with van der Waals surface area (Å²) in [6, 6.07) is 81.8. The first-order chi connectivity index (χ1) is 28.8. The minimum Gasteiger partial charge on any atom is -0.310 e. The highest BCUT2D eigenvalue weighted by molar-refractivity contribution is 5.92. The molecule has 8 aromatic carbocycles. The van der Waals surface area contributed by atoms with Crippen molar-refractivity contribution in [3.8, 4) is 0 Å². The van der Waals surface area contributed by atoms with Gasteiger partial charge in [0.2, 0.25) is 0 Å². The first-order valence-corrected chi connectivity index (χ1v) is 20.0. The molecule has 3 heteroatoms. The molecular formula is C55H39N3. The molecule has 1 aromatic heterocycles. The van der Waals surface area contributed by atoms with Crippen LogP contribution in [0.25, 0.3) is 0 Å². The van der Waals surface area contributed by atoms with Gasteiger partial charge in [0, 0.05) is 17.6 Å². The molecule has 0 bridgehead atoms. The highest BCUT2D eigenvalue weighted by Crippen LogP contribution is 2.59. The van der Waals surface area contributed by atoms with E-state index in [4.69, 9.17) is 4.98 Å². The van der Waals surface area contributed by atoms with E-state index in [1.807, 2.05) is 12.4 Å². The van der Waals surface area contributed by atoms with Crippen LogP contribution >= 0.6 is 0 Å². The summed E-state index contributed by atoms with van der Waals surface area (Å²) >= 11 is 0. The molecule has 0 aliphatic carbocycles. The number of nitrogens with zero attached hydrogens (tertiary/aromatic N) is 3. The van der Waals surface area contributed by atoms with E-state index in [0.717, 1.165) is 34.1 Å². The largest absolute Gasteiger partial charge is 0.310 e. The number of hydrogen-bond acceptors (Lipinski definition) is 3. The maximum atomic E-state index is 4.75. The molecule has 9 aromatic rings. The summed E-state index contributed by atoms with van der Waals surface area (Å²) in [7, 11) is 0. The zero-order valence-electron chi connectivity index (χ0n) is 31.9. The highest BCUT2D eigenvalue weighted by Gasteiger charge is 2.48. The van der Waals surface area contributed by atoms with Gasteiger partial charge in [-0.3, -0.25) is 4.98 Å². The quantitative estimate of drug-likeness (QED) is 0.169. The molecule has 0 radical (unpaired) electrons. The highest BCUT2D eigenvalue weighted by atomic mass is 15.2. The second kappa shape index (κ2) is 13.6. The van der Waals surface area contributed by atoms with Gasteiger partial charge in [0.1, 0.15) is 0 Å². The van der Waals surface area contributed by atoms with Crippen molar-refractivity contribution in [2.45, 2.75) is 10.8 Å². The Bertz CT molecular complexity index is 2510. The SMILES string of the molecule is c1ccc(C2(c3ccccc3)c3ccccc3N(c3ccc(N4c5ccccc5C(c5ccccc5)(c5ccccc5)c5ccncc54)cc3)c3ccccc32)cc1. The minimum absolute atomic E-state index is 0.510. The second-order valence-corrected chi connectivity index (χ2v) is 15.1. The fourth-order valence-electron chi connectivity index (χ4n) is 10.0. The van der Waals surface area contributed by atoms with Gasteiger partial charge in [0.05, 0.1) is 39.8 Å². The molecule has 274 valence electrons. The van der Waals surface area contributed by atoms with E-state index < -0.39 is 10.8 Å². The number of anilines is 6. The predicted octanol–water partition coefficient (Wildman–Crippen LogP) is 13.4. The smallest absolute Gasteiger partial charge is 0.0743 e. The Hall–Kier alpha value is -7.49. The molecule has 0 unspecified atom stereocenters. The normalized spacial score (nSPS) is 14.4. The second-order valence-electron chi connectivity index (χ2n) is 15.1.